The molecule has 3 aromatic heterocycles. The summed E-state index contributed by atoms with van der Waals surface area (Å²) in [4.78, 5) is 42.9. The number of anilines is 1. The molecule has 2 saturated heterocycles. The zero-order valence-electron chi connectivity index (χ0n) is 45.8. The lowest BCUT2D eigenvalue weighted by Crippen LogP contribution is -2.42. The molecule has 0 radical (unpaired) electrons. The van der Waals surface area contributed by atoms with Crippen LogP contribution >= 0.6 is 0 Å². The van der Waals surface area contributed by atoms with E-state index in [-0.39, 0.29) is 36.6 Å². The van der Waals surface area contributed by atoms with Crippen molar-refractivity contribution in [2.75, 3.05) is 38.0 Å². The maximum atomic E-state index is 13.9. The van der Waals surface area contributed by atoms with Gasteiger partial charge in [-0.1, -0.05) is 66.7 Å². The topological polar surface area (TPSA) is 134 Å². The highest BCUT2D eigenvalue weighted by atomic mass is 19.4. The highest BCUT2D eigenvalue weighted by Crippen LogP contribution is 2.39. The van der Waals surface area contributed by atoms with E-state index >= 15 is 0 Å². The van der Waals surface area contributed by atoms with Gasteiger partial charge >= 0.3 is 12.3 Å². The fourth-order valence-electron chi connectivity index (χ4n) is 12.1. The Morgan fingerprint density at radius 3 is 2.00 bits per heavy atom. The molecule has 13 nitrogen and oxygen atoms in total. The van der Waals surface area contributed by atoms with Crippen molar-refractivity contribution in [3.63, 3.8) is 0 Å². The van der Waals surface area contributed by atoms with Crippen LogP contribution in [0.25, 0.3) is 44.2 Å². The summed E-state index contributed by atoms with van der Waals surface area (Å²) in [7, 11) is 0. The number of likely N-dealkylation sites (tertiary alicyclic amines) is 2. The largest absolute Gasteiger partial charge is 0.444 e. The molecule has 0 spiro atoms. The predicted octanol–water partition coefficient (Wildman–Crippen LogP) is 13.1. The van der Waals surface area contributed by atoms with Gasteiger partial charge in [-0.25, -0.2) is 9.78 Å². The molecule has 2 aliphatic heterocycles. The van der Waals surface area contributed by atoms with Gasteiger partial charge in [0.05, 0.1) is 24.2 Å². The number of piperidine rings is 2. The second-order valence-corrected chi connectivity index (χ2v) is 23.8. The number of hydrogen-bond acceptors (Lipinski definition) is 9. The average Bonchev–Trinajstić information content (AvgIpc) is 4.30. The Kier molecular flexibility index (Phi) is 15.9. The maximum Gasteiger partial charge on any atom is 0.410 e. The maximum absolute atomic E-state index is 13.9. The van der Waals surface area contributed by atoms with Crippen LogP contribution in [0.1, 0.15) is 124 Å². The molecule has 0 unspecified atom stereocenters. The van der Waals surface area contributed by atoms with Crippen molar-refractivity contribution in [3.05, 3.63) is 132 Å². The second-order valence-electron chi connectivity index (χ2n) is 23.8. The minimum atomic E-state index is -4.27. The monoisotopic (exact) mass is 1080 g/mol. The van der Waals surface area contributed by atoms with Crippen molar-refractivity contribution in [2.24, 2.45) is 17.8 Å². The predicted molar refractivity (Wildman–Crippen MR) is 302 cm³/mol. The summed E-state index contributed by atoms with van der Waals surface area (Å²) in [5, 5.41) is 19.6. The van der Waals surface area contributed by atoms with Crippen molar-refractivity contribution in [1.82, 2.24) is 39.0 Å². The molecular weight excluding hydrogens is 1000 g/mol. The first-order chi connectivity index (χ1) is 38.0. The van der Waals surface area contributed by atoms with Crippen molar-refractivity contribution in [3.8, 4) is 22.3 Å². The van der Waals surface area contributed by atoms with Crippen LogP contribution in [-0.4, -0.2) is 107 Å². The molecule has 0 bridgehead atoms. The highest BCUT2D eigenvalue weighted by molar-refractivity contribution is 5.95. The van der Waals surface area contributed by atoms with Gasteiger partial charge in [-0.3, -0.25) is 19.3 Å². The third-order valence-corrected chi connectivity index (χ3v) is 16.8. The number of rotatable bonds is 16. The highest BCUT2D eigenvalue weighted by Gasteiger charge is 2.33. The number of halogens is 3. The number of ether oxygens (including phenoxy) is 1. The molecule has 16 heteroatoms. The van der Waals surface area contributed by atoms with Gasteiger partial charge in [0, 0.05) is 86.1 Å². The van der Waals surface area contributed by atoms with Gasteiger partial charge in [-0.05, 0) is 173 Å². The fraction of sp³-hybridized carbons (Fsp3) is 0.476. The number of carbonyl (C=O) groups excluding carboxylic acids is 2. The molecule has 4 aromatic carbocycles. The number of nitrogens with zero attached hydrogens (tertiary/aromatic N) is 8. The number of nitrogens with one attached hydrogen (secondary N) is 1. The van der Waals surface area contributed by atoms with Crippen molar-refractivity contribution in [2.45, 2.75) is 142 Å². The zero-order chi connectivity index (χ0) is 54.8. The van der Waals surface area contributed by atoms with E-state index in [0.29, 0.717) is 49.0 Å². The number of aliphatic hydroxyl groups excluding tert-OH is 1. The molecular formula is C63H74F3N9O4. The van der Waals surface area contributed by atoms with Crippen LogP contribution in [0.5, 0.6) is 0 Å². The molecule has 4 aliphatic rings. The molecule has 7 aromatic rings. The smallest absolute Gasteiger partial charge is 0.410 e. The van der Waals surface area contributed by atoms with Crippen LogP contribution in [0.15, 0.2) is 110 Å². The molecule has 2 amide bonds. The van der Waals surface area contributed by atoms with Crippen LogP contribution in [-0.2, 0) is 30.9 Å². The molecule has 5 heterocycles. The van der Waals surface area contributed by atoms with Crippen LogP contribution in [0.4, 0.5) is 23.9 Å². The summed E-state index contributed by atoms with van der Waals surface area (Å²) in [6.45, 7) is 11.4. The minimum absolute atomic E-state index is 0.0509. The Hall–Kier alpha value is -6.78. The van der Waals surface area contributed by atoms with E-state index in [4.69, 9.17) is 9.72 Å². The van der Waals surface area contributed by atoms with Crippen LogP contribution in [0.3, 0.4) is 0 Å². The van der Waals surface area contributed by atoms with Crippen molar-refractivity contribution >= 4 is 39.9 Å². The Labute approximate surface area is 461 Å². The summed E-state index contributed by atoms with van der Waals surface area (Å²) in [5.41, 5.74) is 9.24. The summed E-state index contributed by atoms with van der Waals surface area (Å²) in [5.74, 6) is 2.21. The molecule has 2 N–H and O–H groups in total. The van der Waals surface area contributed by atoms with Crippen LogP contribution in [0, 0.1) is 17.8 Å². The number of alkyl halides is 3. The van der Waals surface area contributed by atoms with Gasteiger partial charge in [0.2, 0.25) is 5.95 Å². The van der Waals surface area contributed by atoms with Gasteiger partial charge < -0.3 is 24.6 Å². The van der Waals surface area contributed by atoms with Gasteiger partial charge in [0.25, 0.3) is 5.91 Å². The summed E-state index contributed by atoms with van der Waals surface area (Å²) >= 11 is 0. The average molecular weight is 1080 g/mol. The zero-order valence-corrected chi connectivity index (χ0v) is 45.8. The van der Waals surface area contributed by atoms with E-state index in [1.165, 1.54) is 23.9 Å². The summed E-state index contributed by atoms with van der Waals surface area (Å²) in [6, 6.07) is 31.4. The van der Waals surface area contributed by atoms with E-state index < -0.39 is 18.2 Å². The van der Waals surface area contributed by atoms with Crippen molar-refractivity contribution < 1.29 is 32.6 Å². The van der Waals surface area contributed by atoms with Gasteiger partial charge in [-0.2, -0.15) is 23.3 Å². The van der Waals surface area contributed by atoms with E-state index in [1.54, 1.807) is 11.1 Å². The summed E-state index contributed by atoms with van der Waals surface area (Å²) < 4.78 is 48.8. The van der Waals surface area contributed by atoms with Gasteiger partial charge in [0.1, 0.15) is 11.2 Å². The Bertz CT molecular complexity index is 3210. The number of hydrogen-bond donors (Lipinski definition) is 2. The first-order valence-corrected chi connectivity index (χ1v) is 28.6. The quantitative estimate of drug-likeness (QED) is 0.0970. The third-order valence-electron chi connectivity index (χ3n) is 16.8. The molecule has 11 rings (SSSR count). The van der Waals surface area contributed by atoms with E-state index in [9.17, 15) is 27.9 Å². The lowest BCUT2D eigenvalue weighted by Gasteiger charge is -2.40. The van der Waals surface area contributed by atoms with Crippen LogP contribution < -0.4 is 5.32 Å². The first-order valence-electron chi connectivity index (χ1n) is 28.6. The second kappa shape index (κ2) is 23.1. The molecule has 0 atom stereocenters. The van der Waals surface area contributed by atoms with Crippen LogP contribution in [0.2, 0.25) is 0 Å². The van der Waals surface area contributed by atoms with Gasteiger partial charge in [-0.15, -0.1) is 0 Å². The first kappa shape index (κ1) is 54.2. The summed E-state index contributed by atoms with van der Waals surface area (Å²) in [6.07, 6.45) is 9.65. The van der Waals surface area contributed by atoms with E-state index in [2.05, 4.69) is 102 Å². The molecule has 2 saturated carbocycles. The van der Waals surface area contributed by atoms with Crippen molar-refractivity contribution in [1.29, 1.82) is 0 Å². The van der Waals surface area contributed by atoms with E-state index in [1.807, 2.05) is 56.1 Å². The Morgan fingerprint density at radius 1 is 0.734 bits per heavy atom. The number of aromatic nitrogens is 5. The number of amides is 2. The number of benzene rings is 4. The molecule has 4 fully saturated rings. The Balaban J connectivity index is 0.654. The minimum Gasteiger partial charge on any atom is -0.444 e. The molecule has 2 aliphatic carbocycles. The standard InChI is InChI=1S/C63H74F3N9O4/c1-62(2,3)79-61(78)73(38-43-6-12-46(13-7-43)51-18-23-57-52(34-51)35-69-75(57)40-45-4-5-45)39-44-10-16-50(17-11-44)59(77)72-32-26-48(27-33-72)47-24-30-71(31-25-47)37-42-8-14-49(15-9-42)56-41-74(53-19-21-54(76)22-20-53)58-55(56)36-68-60(70-58)67-29-28-63(64,65)66/h6-18,23,34-36,41,45,47-48,53-54,76H,4-5,19-22,24-33,37-40H2,1-3H3,(H,67,68,70)/t53-,54-. The number of carbonyl (C=O) groups is 2. The fourth-order valence-corrected chi connectivity index (χ4v) is 12.1. The number of aliphatic hydroxyl groups is 1. The molecule has 79 heavy (non-hydrogen) atoms. The lowest BCUT2D eigenvalue weighted by molar-refractivity contribution is -0.131. The van der Waals surface area contributed by atoms with E-state index in [0.717, 1.165) is 128 Å². The third kappa shape index (κ3) is 13.5. The lowest BCUT2D eigenvalue weighted by atomic mass is 9.78. The van der Waals surface area contributed by atoms with Gasteiger partial charge in [0.15, 0.2) is 0 Å². The Morgan fingerprint density at radius 2 is 1.35 bits per heavy atom. The SMILES string of the molecule is CC(C)(C)OC(=O)N(Cc1ccc(C(=O)N2CCC(C3CCN(Cc4ccc(-c5cn([C@H]6CC[C@H](O)CC6)c6nc(NCCC(F)(F)F)ncc56)cc4)CC3)CC2)cc1)Cc1ccc(-c2ccc3c(cnn3CC3CC3)c2)cc1. The normalized spacial score (nSPS) is 19.1. The molecule has 416 valence electrons. The number of fused-ring (bicyclic) bond motifs is 2.